The lowest BCUT2D eigenvalue weighted by atomic mass is 10.2. The van der Waals surface area contributed by atoms with E-state index in [0.717, 1.165) is 12.0 Å². The number of aryl methyl sites for hydroxylation is 1. The van der Waals surface area contributed by atoms with Crippen molar-refractivity contribution in [2.45, 2.75) is 19.9 Å². The molecular formula is C10H13ClN2O2. The molecule has 0 amide bonds. The Morgan fingerprint density at radius 1 is 1.73 bits per heavy atom. The highest BCUT2D eigenvalue weighted by atomic mass is 35.5. The molecule has 4 nitrogen and oxygen atoms in total. The van der Waals surface area contributed by atoms with Crippen molar-refractivity contribution in [1.82, 2.24) is 9.55 Å². The van der Waals surface area contributed by atoms with Crippen LogP contribution in [0.25, 0.3) is 0 Å². The predicted octanol–water partition coefficient (Wildman–Crippen LogP) is 1.87. The van der Waals surface area contributed by atoms with E-state index < -0.39 is 0 Å². The minimum atomic E-state index is -0.265. The second kappa shape index (κ2) is 4.98. The molecule has 0 atom stereocenters. The molecule has 1 aromatic heterocycles. The van der Waals surface area contributed by atoms with E-state index in [1.54, 1.807) is 0 Å². The number of rotatable bonds is 4. The Morgan fingerprint density at radius 2 is 2.40 bits per heavy atom. The van der Waals surface area contributed by atoms with Gasteiger partial charge >= 0.3 is 0 Å². The molecule has 0 aliphatic heterocycles. The van der Waals surface area contributed by atoms with Gasteiger partial charge in [-0.2, -0.15) is 0 Å². The summed E-state index contributed by atoms with van der Waals surface area (Å²) in [5, 5.41) is 0.0917. The monoisotopic (exact) mass is 228 g/mol. The molecule has 82 valence electrons. The average molecular weight is 229 g/mol. The molecule has 0 saturated heterocycles. The minimum absolute atomic E-state index is 0.0841. The number of halogens is 1. The third-order valence-electron chi connectivity index (χ3n) is 1.94. The van der Waals surface area contributed by atoms with Crippen molar-refractivity contribution in [2.24, 2.45) is 0 Å². The van der Waals surface area contributed by atoms with Crippen molar-refractivity contribution >= 4 is 11.6 Å². The van der Waals surface area contributed by atoms with Gasteiger partial charge in [0.15, 0.2) is 5.15 Å². The summed E-state index contributed by atoms with van der Waals surface area (Å²) in [6, 6.07) is 0. The van der Waals surface area contributed by atoms with Crippen LogP contribution in [0.5, 0.6) is 5.75 Å². The first kappa shape index (κ1) is 11.8. The van der Waals surface area contributed by atoms with E-state index in [4.69, 9.17) is 16.3 Å². The molecule has 0 spiro atoms. The van der Waals surface area contributed by atoms with Crippen LogP contribution >= 0.6 is 11.6 Å². The molecule has 0 saturated carbocycles. The summed E-state index contributed by atoms with van der Waals surface area (Å²) in [7, 11) is 1.40. The van der Waals surface area contributed by atoms with Crippen LogP contribution in [0.2, 0.25) is 5.15 Å². The zero-order valence-corrected chi connectivity index (χ0v) is 9.54. The van der Waals surface area contributed by atoms with Crippen molar-refractivity contribution < 1.29 is 4.74 Å². The van der Waals surface area contributed by atoms with Crippen LogP contribution in [0.4, 0.5) is 0 Å². The van der Waals surface area contributed by atoms with E-state index in [9.17, 15) is 4.79 Å². The minimum Gasteiger partial charge on any atom is -0.489 e. The first-order valence-corrected chi connectivity index (χ1v) is 4.87. The summed E-state index contributed by atoms with van der Waals surface area (Å²) in [6.45, 7) is 6.21. The first-order valence-electron chi connectivity index (χ1n) is 4.49. The van der Waals surface area contributed by atoms with Gasteiger partial charge in [0, 0.05) is 6.54 Å². The molecule has 5 heteroatoms. The molecule has 0 aromatic carbocycles. The Kier molecular flexibility index (Phi) is 3.91. The van der Waals surface area contributed by atoms with Crippen LogP contribution in [0.1, 0.15) is 13.3 Å². The smallest absolute Gasteiger partial charge is 0.297 e. The molecule has 0 radical (unpaired) electrons. The Bertz CT molecular complexity index is 426. The van der Waals surface area contributed by atoms with E-state index in [0.29, 0.717) is 6.54 Å². The van der Waals surface area contributed by atoms with Crippen molar-refractivity contribution in [3.63, 3.8) is 0 Å². The summed E-state index contributed by atoms with van der Waals surface area (Å²) < 4.78 is 6.33. The van der Waals surface area contributed by atoms with Gasteiger partial charge in [-0.1, -0.05) is 17.2 Å². The summed E-state index contributed by atoms with van der Waals surface area (Å²) in [5.74, 6) is 0.0841. The van der Waals surface area contributed by atoms with E-state index >= 15 is 0 Å². The van der Waals surface area contributed by atoms with E-state index in [2.05, 4.69) is 11.6 Å². The van der Waals surface area contributed by atoms with Gasteiger partial charge in [-0.25, -0.2) is 4.98 Å². The van der Waals surface area contributed by atoms with Gasteiger partial charge in [0.1, 0.15) is 0 Å². The molecule has 0 N–H and O–H groups in total. The number of hydrogen-bond acceptors (Lipinski definition) is 3. The number of ether oxygens (including phenoxy) is 1. The number of allylic oxidation sites excluding steroid dienone is 1. The van der Waals surface area contributed by atoms with Crippen LogP contribution in [-0.2, 0) is 6.54 Å². The molecule has 1 rings (SSSR count). The summed E-state index contributed by atoms with van der Waals surface area (Å²) >= 11 is 5.70. The predicted molar refractivity (Wildman–Crippen MR) is 59.5 cm³/mol. The molecule has 1 heterocycles. The third kappa shape index (κ3) is 2.83. The Morgan fingerprint density at radius 3 is 2.93 bits per heavy atom. The number of aromatic nitrogens is 2. The van der Waals surface area contributed by atoms with Crippen molar-refractivity contribution in [3.8, 4) is 5.75 Å². The van der Waals surface area contributed by atoms with Gasteiger partial charge in [-0.3, -0.25) is 9.36 Å². The number of hydrogen-bond donors (Lipinski definition) is 0. The molecule has 0 bridgehead atoms. The Balaban J connectivity index is 3.00. The standard InChI is InChI=1S/C10H13ClN2O2/c1-7(2)4-5-13-6-12-9(11)8(15-3)10(13)14/h6H,1,4-5H2,2-3H3. The Hall–Kier alpha value is -1.29. The average Bonchev–Trinajstić information content (AvgIpc) is 2.17. The second-order valence-corrected chi connectivity index (χ2v) is 3.63. The lowest BCUT2D eigenvalue weighted by Gasteiger charge is -2.07. The van der Waals surface area contributed by atoms with Crippen LogP contribution in [0.3, 0.4) is 0 Å². The van der Waals surface area contributed by atoms with Crippen LogP contribution < -0.4 is 10.3 Å². The quantitative estimate of drug-likeness (QED) is 0.584. The highest BCUT2D eigenvalue weighted by molar-refractivity contribution is 6.30. The SMILES string of the molecule is C=C(C)CCn1cnc(Cl)c(OC)c1=O. The normalized spacial score (nSPS) is 10.1. The zero-order chi connectivity index (χ0) is 11.4. The molecular weight excluding hydrogens is 216 g/mol. The third-order valence-corrected chi connectivity index (χ3v) is 2.21. The van der Waals surface area contributed by atoms with Crippen molar-refractivity contribution in [2.75, 3.05) is 7.11 Å². The maximum Gasteiger partial charge on any atom is 0.297 e. The lowest BCUT2D eigenvalue weighted by Crippen LogP contribution is -2.22. The van der Waals surface area contributed by atoms with Gasteiger partial charge in [0.2, 0.25) is 5.75 Å². The topological polar surface area (TPSA) is 44.1 Å². The lowest BCUT2D eigenvalue weighted by molar-refractivity contribution is 0.399. The number of methoxy groups -OCH3 is 1. The summed E-state index contributed by atoms with van der Waals surface area (Å²) in [4.78, 5) is 15.6. The second-order valence-electron chi connectivity index (χ2n) is 3.27. The molecule has 1 aromatic rings. The molecule has 0 fully saturated rings. The number of nitrogens with zero attached hydrogens (tertiary/aromatic N) is 2. The first-order chi connectivity index (χ1) is 7.06. The molecule has 0 aliphatic carbocycles. The van der Waals surface area contributed by atoms with Crippen LogP contribution in [0.15, 0.2) is 23.3 Å². The van der Waals surface area contributed by atoms with E-state index in [1.165, 1.54) is 18.0 Å². The Labute approximate surface area is 93.2 Å². The van der Waals surface area contributed by atoms with Crippen molar-refractivity contribution in [1.29, 1.82) is 0 Å². The maximum atomic E-state index is 11.7. The molecule has 0 aliphatic rings. The summed E-state index contributed by atoms with van der Waals surface area (Å²) in [6.07, 6.45) is 2.14. The fourth-order valence-electron chi connectivity index (χ4n) is 1.09. The molecule has 15 heavy (non-hydrogen) atoms. The van der Waals surface area contributed by atoms with Gasteiger partial charge in [0.05, 0.1) is 13.4 Å². The van der Waals surface area contributed by atoms with E-state index in [1.807, 2.05) is 6.92 Å². The summed E-state index contributed by atoms with van der Waals surface area (Å²) in [5.41, 5.74) is 0.745. The van der Waals surface area contributed by atoms with Crippen LogP contribution in [0, 0.1) is 0 Å². The molecule has 0 unspecified atom stereocenters. The van der Waals surface area contributed by atoms with E-state index in [-0.39, 0.29) is 16.5 Å². The van der Waals surface area contributed by atoms with Crippen LogP contribution in [-0.4, -0.2) is 16.7 Å². The van der Waals surface area contributed by atoms with Gasteiger partial charge in [0.25, 0.3) is 5.56 Å². The maximum absolute atomic E-state index is 11.7. The van der Waals surface area contributed by atoms with Gasteiger partial charge in [-0.15, -0.1) is 6.58 Å². The van der Waals surface area contributed by atoms with Gasteiger partial charge < -0.3 is 4.74 Å². The fourth-order valence-corrected chi connectivity index (χ4v) is 1.29. The van der Waals surface area contributed by atoms with Gasteiger partial charge in [-0.05, 0) is 13.3 Å². The van der Waals surface area contributed by atoms with Crippen molar-refractivity contribution in [3.05, 3.63) is 34.0 Å². The zero-order valence-electron chi connectivity index (χ0n) is 8.79. The largest absolute Gasteiger partial charge is 0.489 e. The fraction of sp³-hybridized carbons (Fsp3) is 0.400. The highest BCUT2D eigenvalue weighted by Crippen LogP contribution is 2.14. The highest BCUT2D eigenvalue weighted by Gasteiger charge is 2.09.